The summed E-state index contributed by atoms with van der Waals surface area (Å²) >= 11 is 6.17. The average molecular weight is 348 g/mol. The first-order valence-corrected chi connectivity index (χ1v) is 8.66. The molecule has 24 heavy (non-hydrogen) atoms. The predicted octanol–water partition coefficient (Wildman–Crippen LogP) is 3.14. The molecule has 1 amide bonds. The Morgan fingerprint density at radius 2 is 2.21 bits per heavy atom. The molecule has 1 aromatic carbocycles. The number of hydrogen-bond donors (Lipinski definition) is 1. The molecule has 2 heterocycles. The Kier molecular flexibility index (Phi) is 5.21. The molecule has 1 fully saturated rings. The fourth-order valence-corrected chi connectivity index (χ4v) is 3.21. The van der Waals surface area contributed by atoms with Crippen molar-refractivity contribution < 1.29 is 9.21 Å². The van der Waals surface area contributed by atoms with Gasteiger partial charge in [-0.25, -0.2) is 4.98 Å². The maximum Gasteiger partial charge on any atom is 0.223 e. The minimum absolute atomic E-state index is 0.147. The third kappa shape index (κ3) is 3.62. The number of benzene rings is 1. The van der Waals surface area contributed by atoms with Gasteiger partial charge in [0.2, 0.25) is 5.91 Å². The zero-order valence-electron chi connectivity index (χ0n) is 14.0. The second-order valence-electron chi connectivity index (χ2n) is 6.17. The van der Waals surface area contributed by atoms with Gasteiger partial charge in [-0.1, -0.05) is 23.7 Å². The van der Waals surface area contributed by atoms with E-state index in [4.69, 9.17) is 16.0 Å². The van der Waals surface area contributed by atoms with Crippen molar-refractivity contribution in [2.75, 3.05) is 13.1 Å². The number of carbonyl (C=O) groups is 1. The highest BCUT2D eigenvalue weighted by Crippen LogP contribution is 2.28. The molecule has 0 spiro atoms. The van der Waals surface area contributed by atoms with Gasteiger partial charge < -0.3 is 14.6 Å². The highest BCUT2D eigenvalue weighted by molar-refractivity contribution is 6.33. The van der Waals surface area contributed by atoms with Crippen molar-refractivity contribution in [1.29, 1.82) is 0 Å². The number of carbonyl (C=O) groups excluding carboxylic acids is 1. The number of nitrogens with zero attached hydrogens (tertiary/aromatic N) is 2. The van der Waals surface area contributed by atoms with Gasteiger partial charge in [0.05, 0.1) is 11.2 Å². The van der Waals surface area contributed by atoms with E-state index in [-0.39, 0.29) is 11.9 Å². The lowest BCUT2D eigenvalue weighted by Crippen LogP contribution is -2.57. The normalized spacial score (nSPS) is 21.0. The lowest BCUT2D eigenvalue weighted by Gasteiger charge is -2.38. The molecule has 5 nitrogen and oxygen atoms in total. The van der Waals surface area contributed by atoms with Crippen LogP contribution in [0.25, 0.3) is 11.3 Å². The quantitative estimate of drug-likeness (QED) is 0.923. The summed E-state index contributed by atoms with van der Waals surface area (Å²) in [6.07, 6.45) is 2.56. The monoisotopic (exact) mass is 347 g/mol. The molecule has 0 bridgehead atoms. The van der Waals surface area contributed by atoms with Crippen LogP contribution in [0.4, 0.5) is 0 Å². The summed E-state index contributed by atoms with van der Waals surface area (Å²) in [6.45, 7) is 5.77. The summed E-state index contributed by atoms with van der Waals surface area (Å²) in [5.74, 6) is 1.34. The highest BCUT2D eigenvalue weighted by atomic mass is 35.5. The van der Waals surface area contributed by atoms with E-state index in [1.165, 1.54) is 0 Å². The number of hydrogen-bond acceptors (Lipinski definition) is 4. The SMILES string of the molecule is CC1NCCN(C(=O)CCc2ncc(-c3ccccc3Cl)o2)C1C. The van der Waals surface area contributed by atoms with Crippen LogP contribution in [0.15, 0.2) is 34.9 Å². The zero-order valence-corrected chi connectivity index (χ0v) is 14.7. The van der Waals surface area contributed by atoms with Gasteiger partial charge in [0.1, 0.15) is 0 Å². The number of rotatable bonds is 4. The van der Waals surface area contributed by atoms with E-state index in [1.54, 1.807) is 6.20 Å². The van der Waals surface area contributed by atoms with Gasteiger partial charge in [0.25, 0.3) is 0 Å². The van der Waals surface area contributed by atoms with E-state index < -0.39 is 0 Å². The van der Waals surface area contributed by atoms with Crippen LogP contribution in [-0.2, 0) is 11.2 Å². The number of aryl methyl sites for hydroxylation is 1. The molecule has 2 unspecified atom stereocenters. The number of amides is 1. The number of halogens is 1. The van der Waals surface area contributed by atoms with E-state index in [2.05, 4.69) is 24.1 Å². The number of piperazine rings is 1. The van der Waals surface area contributed by atoms with Crippen LogP contribution in [0.2, 0.25) is 5.02 Å². The summed E-state index contributed by atoms with van der Waals surface area (Å²) < 4.78 is 5.76. The number of aromatic nitrogens is 1. The first-order chi connectivity index (χ1) is 11.6. The maximum absolute atomic E-state index is 12.5. The fraction of sp³-hybridized carbons (Fsp3) is 0.444. The highest BCUT2D eigenvalue weighted by Gasteiger charge is 2.27. The third-order valence-corrected chi connectivity index (χ3v) is 4.93. The van der Waals surface area contributed by atoms with Crippen LogP contribution in [0.1, 0.15) is 26.2 Å². The van der Waals surface area contributed by atoms with E-state index in [0.717, 1.165) is 18.7 Å². The minimum atomic E-state index is 0.147. The van der Waals surface area contributed by atoms with Gasteiger partial charge in [0, 0.05) is 43.6 Å². The molecule has 1 N–H and O–H groups in total. The molecular weight excluding hydrogens is 326 g/mol. The minimum Gasteiger partial charge on any atom is -0.441 e. The van der Waals surface area contributed by atoms with Crippen LogP contribution in [0.5, 0.6) is 0 Å². The number of oxazole rings is 1. The second kappa shape index (κ2) is 7.36. The van der Waals surface area contributed by atoms with E-state index in [1.807, 2.05) is 29.2 Å². The Labute approximate surface area is 147 Å². The number of nitrogens with one attached hydrogen (secondary N) is 1. The molecule has 1 aliphatic heterocycles. The standard InChI is InChI=1S/C18H22ClN3O2/c1-12-13(2)22(10-9-20-12)18(23)8-7-17-21-11-16(24-17)14-5-3-4-6-15(14)19/h3-6,11-13,20H,7-10H2,1-2H3. The van der Waals surface area contributed by atoms with Crippen LogP contribution in [0, 0.1) is 0 Å². The van der Waals surface area contributed by atoms with Crippen molar-refractivity contribution in [2.45, 2.75) is 38.8 Å². The van der Waals surface area contributed by atoms with Crippen LogP contribution >= 0.6 is 11.6 Å². The molecule has 6 heteroatoms. The van der Waals surface area contributed by atoms with Gasteiger partial charge >= 0.3 is 0 Å². The Morgan fingerprint density at radius 3 is 3.00 bits per heavy atom. The van der Waals surface area contributed by atoms with E-state index in [9.17, 15) is 4.79 Å². The molecule has 0 radical (unpaired) electrons. The molecule has 1 aromatic heterocycles. The first kappa shape index (κ1) is 17.0. The van der Waals surface area contributed by atoms with Crippen molar-refractivity contribution in [3.63, 3.8) is 0 Å². The molecule has 0 aliphatic carbocycles. The summed E-state index contributed by atoms with van der Waals surface area (Å²) in [7, 11) is 0. The van der Waals surface area contributed by atoms with Gasteiger partial charge in [-0.05, 0) is 26.0 Å². The summed E-state index contributed by atoms with van der Waals surface area (Å²) in [5.41, 5.74) is 0.814. The molecule has 1 saturated heterocycles. The Morgan fingerprint density at radius 1 is 1.42 bits per heavy atom. The van der Waals surface area contributed by atoms with E-state index >= 15 is 0 Å². The zero-order chi connectivity index (χ0) is 17.1. The Hall–Kier alpha value is -1.85. The van der Waals surface area contributed by atoms with Crippen molar-refractivity contribution in [2.24, 2.45) is 0 Å². The van der Waals surface area contributed by atoms with Crippen molar-refractivity contribution in [3.8, 4) is 11.3 Å². The largest absolute Gasteiger partial charge is 0.441 e. The van der Waals surface area contributed by atoms with Gasteiger partial charge in [-0.3, -0.25) is 4.79 Å². The van der Waals surface area contributed by atoms with Gasteiger partial charge in [0.15, 0.2) is 11.7 Å². The maximum atomic E-state index is 12.5. The summed E-state index contributed by atoms with van der Waals surface area (Å²) in [5, 5.41) is 4.00. The Balaban J connectivity index is 1.61. The van der Waals surface area contributed by atoms with Crippen molar-refractivity contribution >= 4 is 17.5 Å². The molecule has 3 rings (SSSR count). The molecule has 1 aliphatic rings. The molecule has 2 aromatic rings. The van der Waals surface area contributed by atoms with Crippen LogP contribution in [-0.4, -0.2) is 41.0 Å². The molecule has 128 valence electrons. The third-order valence-electron chi connectivity index (χ3n) is 4.60. The molecular formula is C18H22ClN3O2. The van der Waals surface area contributed by atoms with Crippen LogP contribution < -0.4 is 5.32 Å². The molecule has 2 atom stereocenters. The smallest absolute Gasteiger partial charge is 0.223 e. The summed E-state index contributed by atoms with van der Waals surface area (Å²) in [4.78, 5) is 18.7. The molecule has 0 saturated carbocycles. The van der Waals surface area contributed by atoms with Crippen molar-refractivity contribution in [1.82, 2.24) is 15.2 Å². The van der Waals surface area contributed by atoms with Crippen molar-refractivity contribution in [3.05, 3.63) is 41.4 Å². The van der Waals surface area contributed by atoms with Crippen LogP contribution in [0.3, 0.4) is 0 Å². The fourth-order valence-electron chi connectivity index (χ4n) is 2.98. The second-order valence-corrected chi connectivity index (χ2v) is 6.58. The van der Waals surface area contributed by atoms with Gasteiger partial charge in [-0.15, -0.1) is 0 Å². The van der Waals surface area contributed by atoms with E-state index in [0.29, 0.717) is 35.6 Å². The average Bonchev–Trinajstić information content (AvgIpc) is 3.04. The lowest BCUT2D eigenvalue weighted by atomic mass is 10.1. The van der Waals surface area contributed by atoms with Gasteiger partial charge in [-0.2, -0.15) is 0 Å². The predicted molar refractivity (Wildman–Crippen MR) is 93.9 cm³/mol. The summed E-state index contributed by atoms with van der Waals surface area (Å²) in [6, 6.07) is 8.00. The Bertz CT molecular complexity index is 716. The lowest BCUT2D eigenvalue weighted by molar-refractivity contribution is -0.134. The first-order valence-electron chi connectivity index (χ1n) is 8.28. The topological polar surface area (TPSA) is 58.4 Å².